The minimum atomic E-state index is 0.0515. The van der Waals surface area contributed by atoms with Gasteiger partial charge in [0.25, 0.3) is 5.91 Å². The van der Waals surface area contributed by atoms with Crippen LogP contribution in [-0.2, 0) is 0 Å². The number of hydrazone groups is 1. The summed E-state index contributed by atoms with van der Waals surface area (Å²) in [7, 11) is 5.87. The zero-order valence-corrected chi connectivity index (χ0v) is 18.0. The number of aliphatic imine (C=N–C) groups is 1. The van der Waals surface area contributed by atoms with E-state index < -0.39 is 0 Å². The molecule has 0 unspecified atom stereocenters. The van der Waals surface area contributed by atoms with Gasteiger partial charge in [0.1, 0.15) is 11.4 Å². The van der Waals surface area contributed by atoms with E-state index in [0.29, 0.717) is 18.2 Å². The molecule has 28 heavy (non-hydrogen) atoms. The van der Waals surface area contributed by atoms with Gasteiger partial charge in [-0.1, -0.05) is 43.2 Å². The summed E-state index contributed by atoms with van der Waals surface area (Å²) in [4.78, 5) is 21.1. The molecule has 0 radical (unpaired) electrons. The zero-order valence-electron chi connectivity index (χ0n) is 17.2. The first kappa shape index (κ1) is 20.9. The molecule has 0 N–H and O–H groups in total. The van der Waals surface area contributed by atoms with E-state index in [1.165, 1.54) is 32.1 Å². The first-order valence-electron chi connectivity index (χ1n) is 10.0. The van der Waals surface area contributed by atoms with Crippen molar-refractivity contribution < 1.29 is 4.79 Å². The van der Waals surface area contributed by atoms with Crippen molar-refractivity contribution in [2.75, 3.05) is 40.1 Å². The minimum absolute atomic E-state index is 0.0515. The fourth-order valence-electron chi connectivity index (χ4n) is 3.33. The van der Waals surface area contributed by atoms with Gasteiger partial charge in [-0.15, -0.1) is 0 Å². The molecule has 1 amide bonds. The summed E-state index contributed by atoms with van der Waals surface area (Å²) in [5.74, 6) is 0.843. The molecule has 0 atom stereocenters. The van der Waals surface area contributed by atoms with Crippen molar-refractivity contribution in [3.63, 3.8) is 0 Å². The summed E-state index contributed by atoms with van der Waals surface area (Å²) >= 11 is 1.71. The third-order valence-corrected chi connectivity index (χ3v) is 6.13. The SMILES string of the molecule is CN(C)CCN(C)C(=O)c1ccc(C2=NN(C=NC3CCCCC3)CS2)cc1. The van der Waals surface area contributed by atoms with E-state index in [2.05, 4.69) is 10.0 Å². The van der Waals surface area contributed by atoms with Crippen LogP contribution in [0.2, 0.25) is 0 Å². The van der Waals surface area contributed by atoms with Crippen molar-refractivity contribution in [3.8, 4) is 0 Å². The van der Waals surface area contributed by atoms with Gasteiger partial charge in [-0.25, -0.2) is 5.01 Å². The van der Waals surface area contributed by atoms with Crippen molar-refractivity contribution in [2.24, 2.45) is 10.1 Å². The van der Waals surface area contributed by atoms with Gasteiger partial charge >= 0.3 is 0 Å². The van der Waals surface area contributed by atoms with Crippen molar-refractivity contribution in [2.45, 2.75) is 38.1 Å². The summed E-state index contributed by atoms with van der Waals surface area (Å²) in [6, 6.07) is 8.23. The van der Waals surface area contributed by atoms with Crippen LogP contribution in [0, 0.1) is 0 Å². The third kappa shape index (κ3) is 5.82. The largest absolute Gasteiger partial charge is 0.340 e. The first-order valence-corrected chi connectivity index (χ1v) is 11.0. The van der Waals surface area contributed by atoms with E-state index in [1.807, 2.05) is 56.8 Å². The molecular formula is C21H31N5OS. The number of hydrogen-bond donors (Lipinski definition) is 0. The fourth-order valence-corrected chi connectivity index (χ4v) is 4.17. The highest BCUT2D eigenvalue weighted by Gasteiger charge is 2.18. The Bertz CT molecular complexity index is 710. The summed E-state index contributed by atoms with van der Waals surface area (Å²) in [5, 5.41) is 7.56. The van der Waals surface area contributed by atoms with Gasteiger partial charge in [-0.3, -0.25) is 9.79 Å². The summed E-state index contributed by atoms with van der Waals surface area (Å²) in [6.07, 6.45) is 8.23. The Morgan fingerprint density at radius 1 is 1.18 bits per heavy atom. The van der Waals surface area contributed by atoms with E-state index in [9.17, 15) is 4.79 Å². The Morgan fingerprint density at radius 2 is 1.89 bits per heavy atom. The Balaban J connectivity index is 1.57. The van der Waals surface area contributed by atoms with Gasteiger partial charge in [0.05, 0.1) is 11.9 Å². The molecule has 0 aromatic heterocycles. The molecule has 1 aromatic rings. The summed E-state index contributed by atoms with van der Waals surface area (Å²) < 4.78 is 0. The Kier molecular flexibility index (Phi) is 7.50. The fraction of sp³-hybridized carbons (Fsp3) is 0.571. The summed E-state index contributed by atoms with van der Waals surface area (Å²) in [6.45, 7) is 1.57. The lowest BCUT2D eigenvalue weighted by Crippen LogP contribution is -2.33. The number of carbonyl (C=O) groups excluding carboxylic acids is 1. The zero-order chi connectivity index (χ0) is 19.9. The van der Waals surface area contributed by atoms with Crippen LogP contribution in [0.15, 0.2) is 34.4 Å². The maximum absolute atomic E-state index is 12.5. The average Bonchev–Trinajstić information content (AvgIpc) is 3.20. The average molecular weight is 402 g/mol. The molecule has 152 valence electrons. The molecule has 1 aliphatic heterocycles. The quantitative estimate of drug-likeness (QED) is 0.519. The molecule has 1 aromatic carbocycles. The summed E-state index contributed by atoms with van der Waals surface area (Å²) in [5.41, 5.74) is 1.76. The van der Waals surface area contributed by atoms with Crippen molar-refractivity contribution in [1.29, 1.82) is 0 Å². The van der Waals surface area contributed by atoms with Crippen molar-refractivity contribution >= 4 is 29.1 Å². The molecule has 0 saturated heterocycles. The Morgan fingerprint density at radius 3 is 2.57 bits per heavy atom. The van der Waals surface area contributed by atoms with Crippen molar-refractivity contribution in [3.05, 3.63) is 35.4 Å². The van der Waals surface area contributed by atoms with Crippen LogP contribution in [0.5, 0.6) is 0 Å². The van der Waals surface area contributed by atoms with E-state index in [1.54, 1.807) is 16.7 Å². The smallest absolute Gasteiger partial charge is 0.253 e. The topological polar surface area (TPSA) is 51.5 Å². The Labute approximate surface area is 172 Å². The second-order valence-electron chi connectivity index (χ2n) is 7.78. The van der Waals surface area contributed by atoms with Gasteiger partial charge in [0.15, 0.2) is 0 Å². The van der Waals surface area contributed by atoms with Crippen LogP contribution < -0.4 is 0 Å². The van der Waals surface area contributed by atoms with E-state index >= 15 is 0 Å². The van der Waals surface area contributed by atoms with Crippen LogP contribution in [0.4, 0.5) is 0 Å². The molecule has 1 fully saturated rings. The minimum Gasteiger partial charge on any atom is -0.340 e. The molecule has 7 heteroatoms. The van der Waals surface area contributed by atoms with Crippen LogP contribution in [0.25, 0.3) is 0 Å². The molecule has 1 heterocycles. The lowest BCUT2D eigenvalue weighted by Gasteiger charge is -2.19. The number of benzene rings is 1. The first-order chi connectivity index (χ1) is 13.5. The van der Waals surface area contributed by atoms with E-state index in [4.69, 9.17) is 4.99 Å². The van der Waals surface area contributed by atoms with Crippen LogP contribution in [-0.4, -0.2) is 78.2 Å². The molecule has 1 saturated carbocycles. The van der Waals surface area contributed by atoms with Crippen LogP contribution >= 0.6 is 11.8 Å². The van der Waals surface area contributed by atoms with Gasteiger partial charge in [0, 0.05) is 31.3 Å². The third-order valence-electron chi connectivity index (χ3n) is 5.15. The second-order valence-corrected chi connectivity index (χ2v) is 8.72. The number of rotatable bonds is 7. The molecule has 6 nitrogen and oxygen atoms in total. The normalized spacial score (nSPS) is 18.1. The molecule has 2 aliphatic rings. The van der Waals surface area contributed by atoms with E-state index in [0.717, 1.165) is 23.0 Å². The second kappa shape index (κ2) is 10.1. The highest BCUT2D eigenvalue weighted by Crippen LogP contribution is 2.24. The lowest BCUT2D eigenvalue weighted by molar-refractivity contribution is 0.0786. The Hall–Kier alpha value is -1.86. The van der Waals surface area contributed by atoms with Crippen LogP contribution in [0.1, 0.15) is 48.0 Å². The monoisotopic (exact) mass is 401 g/mol. The number of carbonyl (C=O) groups is 1. The predicted molar refractivity (Wildman–Crippen MR) is 118 cm³/mol. The molecule has 0 bridgehead atoms. The van der Waals surface area contributed by atoms with Gasteiger partial charge < -0.3 is 9.80 Å². The van der Waals surface area contributed by atoms with Gasteiger partial charge in [-0.05, 0) is 39.1 Å². The number of amides is 1. The molecule has 1 aliphatic carbocycles. The van der Waals surface area contributed by atoms with Gasteiger partial charge in [0.2, 0.25) is 0 Å². The maximum atomic E-state index is 12.5. The number of nitrogens with zero attached hydrogens (tertiary/aromatic N) is 5. The number of likely N-dealkylation sites (N-methyl/N-ethyl adjacent to an activating group) is 2. The van der Waals surface area contributed by atoms with Gasteiger partial charge in [-0.2, -0.15) is 5.10 Å². The highest BCUT2D eigenvalue weighted by atomic mass is 32.2. The molecule has 0 spiro atoms. The highest BCUT2D eigenvalue weighted by molar-refractivity contribution is 8.14. The number of thioether (sulfide) groups is 1. The standard InChI is InChI=1S/C21H31N5OS/c1-24(2)13-14-25(3)21(27)18-11-9-17(10-12-18)20-23-26(16-28-20)15-22-19-7-5-4-6-8-19/h9-12,15,19H,4-8,13-14,16H2,1-3H3. The predicted octanol–water partition coefficient (Wildman–Crippen LogP) is 3.35. The molecular weight excluding hydrogens is 370 g/mol. The lowest BCUT2D eigenvalue weighted by atomic mass is 9.96. The van der Waals surface area contributed by atoms with E-state index in [-0.39, 0.29) is 5.91 Å². The van der Waals surface area contributed by atoms with Crippen molar-refractivity contribution in [1.82, 2.24) is 14.8 Å². The maximum Gasteiger partial charge on any atom is 0.253 e. The van der Waals surface area contributed by atoms with Crippen LogP contribution in [0.3, 0.4) is 0 Å². The number of hydrogen-bond acceptors (Lipinski definition) is 5. The molecule has 3 rings (SSSR count).